The van der Waals surface area contributed by atoms with Gasteiger partial charge < -0.3 is 14.8 Å². The fraction of sp³-hybridized carbons (Fsp3) is 0.167. The zero-order valence-electron chi connectivity index (χ0n) is 14.6. The number of nitrogens with one attached hydrogen (secondary N) is 1. The van der Waals surface area contributed by atoms with Gasteiger partial charge in [0, 0.05) is 17.3 Å². The lowest BCUT2D eigenvalue weighted by molar-refractivity contribution is -0.385. The topological polar surface area (TPSA) is 125 Å². The molecule has 140 valence electrons. The van der Waals surface area contributed by atoms with E-state index in [0.29, 0.717) is 5.56 Å². The Morgan fingerprint density at radius 3 is 2.19 bits per heavy atom. The van der Waals surface area contributed by atoms with Crippen molar-refractivity contribution in [3.63, 3.8) is 0 Å². The third-order valence-corrected chi connectivity index (χ3v) is 3.57. The van der Waals surface area contributed by atoms with Gasteiger partial charge in [0.1, 0.15) is 0 Å². The number of nitro groups is 1. The van der Waals surface area contributed by atoms with Gasteiger partial charge in [-0.25, -0.2) is 9.59 Å². The molecule has 2 aromatic rings. The normalized spacial score (nSPS) is 10.0. The van der Waals surface area contributed by atoms with Gasteiger partial charge in [0.25, 0.3) is 11.6 Å². The van der Waals surface area contributed by atoms with E-state index in [-0.39, 0.29) is 22.5 Å². The Balaban J connectivity index is 1.93. The van der Waals surface area contributed by atoms with Crippen LogP contribution in [-0.2, 0) is 14.3 Å². The molecule has 1 N–H and O–H groups in total. The number of hydrogen-bond donors (Lipinski definition) is 1. The highest BCUT2D eigenvalue weighted by molar-refractivity contribution is 5.96. The maximum absolute atomic E-state index is 11.9. The van der Waals surface area contributed by atoms with Crippen LogP contribution in [0.5, 0.6) is 0 Å². The van der Waals surface area contributed by atoms with Gasteiger partial charge in [-0.1, -0.05) is 6.07 Å². The zero-order chi connectivity index (χ0) is 20.0. The molecule has 0 aliphatic heterocycles. The number of aryl methyl sites for hydroxylation is 1. The minimum atomic E-state index is -0.753. The average molecular weight is 372 g/mol. The molecule has 0 spiro atoms. The van der Waals surface area contributed by atoms with Crippen molar-refractivity contribution in [2.24, 2.45) is 0 Å². The Labute approximate surface area is 154 Å². The van der Waals surface area contributed by atoms with Crippen LogP contribution < -0.4 is 5.32 Å². The van der Waals surface area contributed by atoms with E-state index in [2.05, 4.69) is 10.1 Å². The summed E-state index contributed by atoms with van der Waals surface area (Å²) in [6, 6.07) is 9.77. The lowest BCUT2D eigenvalue weighted by atomic mass is 10.1. The summed E-state index contributed by atoms with van der Waals surface area (Å²) in [6.45, 7) is 1.01. The highest BCUT2D eigenvalue weighted by Gasteiger charge is 2.14. The molecule has 2 aromatic carbocycles. The smallest absolute Gasteiger partial charge is 0.338 e. The summed E-state index contributed by atoms with van der Waals surface area (Å²) in [5, 5.41) is 13.3. The van der Waals surface area contributed by atoms with E-state index in [1.165, 1.54) is 49.6 Å². The van der Waals surface area contributed by atoms with E-state index in [4.69, 9.17) is 4.74 Å². The first-order chi connectivity index (χ1) is 12.8. The van der Waals surface area contributed by atoms with Crippen LogP contribution in [0.15, 0.2) is 42.5 Å². The van der Waals surface area contributed by atoms with Crippen molar-refractivity contribution >= 4 is 29.2 Å². The SMILES string of the molecule is COC(=O)c1ccc(C(=O)OCC(=O)Nc2ccc(C)c([N+](=O)[O-])c2)cc1. The van der Waals surface area contributed by atoms with Crippen LogP contribution in [0.4, 0.5) is 11.4 Å². The second-order valence-electron chi connectivity index (χ2n) is 5.45. The van der Waals surface area contributed by atoms with Crippen molar-refractivity contribution in [3.8, 4) is 0 Å². The molecule has 0 bridgehead atoms. The van der Waals surface area contributed by atoms with Crippen molar-refractivity contribution in [3.05, 3.63) is 69.3 Å². The molecule has 0 atom stereocenters. The quantitative estimate of drug-likeness (QED) is 0.469. The van der Waals surface area contributed by atoms with Gasteiger partial charge in [0.15, 0.2) is 6.61 Å². The number of esters is 2. The predicted molar refractivity (Wildman–Crippen MR) is 94.5 cm³/mol. The summed E-state index contributed by atoms with van der Waals surface area (Å²) in [7, 11) is 1.24. The number of carbonyl (C=O) groups is 3. The van der Waals surface area contributed by atoms with Crippen molar-refractivity contribution in [1.29, 1.82) is 0 Å². The van der Waals surface area contributed by atoms with E-state index in [1.54, 1.807) is 6.92 Å². The maximum atomic E-state index is 11.9. The average Bonchev–Trinajstić information content (AvgIpc) is 2.66. The van der Waals surface area contributed by atoms with E-state index in [9.17, 15) is 24.5 Å². The van der Waals surface area contributed by atoms with Crippen LogP contribution in [0, 0.1) is 17.0 Å². The summed E-state index contributed by atoms with van der Waals surface area (Å²) in [6.07, 6.45) is 0. The zero-order valence-corrected chi connectivity index (χ0v) is 14.6. The van der Waals surface area contributed by atoms with Crippen LogP contribution in [0.2, 0.25) is 0 Å². The minimum absolute atomic E-state index is 0.129. The molecule has 0 fully saturated rings. The van der Waals surface area contributed by atoms with Gasteiger partial charge in [-0.05, 0) is 37.3 Å². The van der Waals surface area contributed by atoms with Crippen molar-refractivity contribution in [2.45, 2.75) is 6.92 Å². The molecule has 0 aliphatic rings. The number of rotatable bonds is 6. The fourth-order valence-electron chi connectivity index (χ4n) is 2.16. The highest BCUT2D eigenvalue weighted by atomic mass is 16.6. The van der Waals surface area contributed by atoms with Gasteiger partial charge >= 0.3 is 11.9 Å². The van der Waals surface area contributed by atoms with Gasteiger partial charge in [-0.2, -0.15) is 0 Å². The molecular weight excluding hydrogens is 356 g/mol. The lowest BCUT2D eigenvalue weighted by Gasteiger charge is -2.07. The number of anilines is 1. The number of nitro benzene ring substituents is 1. The molecule has 1 amide bonds. The molecule has 0 aromatic heterocycles. The Bertz CT molecular complexity index is 891. The number of carbonyl (C=O) groups excluding carboxylic acids is 3. The van der Waals surface area contributed by atoms with Crippen LogP contribution in [0.1, 0.15) is 26.3 Å². The Hall–Kier alpha value is -3.75. The summed E-state index contributed by atoms with van der Waals surface area (Å²) < 4.78 is 9.44. The molecule has 0 radical (unpaired) electrons. The molecule has 0 heterocycles. The lowest BCUT2D eigenvalue weighted by Crippen LogP contribution is -2.21. The molecular formula is C18H16N2O7. The first-order valence-electron chi connectivity index (χ1n) is 7.72. The van der Waals surface area contributed by atoms with Gasteiger partial charge in [0.2, 0.25) is 0 Å². The number of ether oxygens (including phenoxy) is 2. The predicted octanol–water partition coefficient (Wildman–Crippen LogP) is 2.49. The molecule has 2 rings (SSSR count). The van der Waals surface area contributed by atoms with E-state index < -0.39 is 29.4 Å². The molecule has 0 aliphatic carbocycles. The van der Waals surface area contributed by atoms with Crippen LogP contribution in [0.3, 0.4) is 0 Å². The molecule has 9 heteroatoms. The first kappa shape index (κ1) is 19.6. The number of amides is 1. The monoisotopic (exact) mass is 372 g/mol. The number of benzene rings is 2. The second-order valence-corrected chi connectivity index (χ2v) is 5.45. The maximum Gasteiger partial charge on any atom is 0.338 e. The molecule has 0 saturated heterocycles. The van der Waals surface area contributed by atoms with E-state index in [0.717, 1.165) is 0 Å². The van der Waals surface area contributed by atoms with E-state index in [1.807, 2.05) is 0 Å². The molecule has 0 saturated carbocycles. The summed E-state index contributed by atoms with van der Waals surface area (Å²) in [4.78, 5) is 45.5. The van der Waals surface area contributed by atoms with Gasteiger partial charge in [-0.3, -0.25) is 14.9 Å². The molecule has 0 unspecified atom stereocenters. The number of hydrogen-bond acceptors (Lipinski definition) is 7. The Morgan fingerprint density at radius 1 is 1.04 bits per heavy atom. The summed E-state index contributed by atoms with van der Waals surface area (Å²) in [5.41, 5.74) is 0.972. The second kappa shape index (κ2) is 8.56. The van der Waals surface area contributed by atoms with Gasteiger partial charge in [0.05, 0.1) is 23.2 Å². The third-order valence-electron chi connectivity index (χ3n) is 3.57. The Morgan fingerprint density at radius 2 is 1.63 bits per heavy atom. The largest absolute Gasteiger partial charge is 0.465 e. The highest BCUT2D eigenvalue weighted by Crippen LogP contribution is 2.22. The van der Waals surface area contributed by atoms with Crippen molar-refractivity contribution in [1.82, 2.24) is 0 Å². The van der Waals surface area contributed by atoms with Crippen molar-refractivity contribution in [2.75, 3.05) is 19.0 Å². The Kier molecular flexibility index (Phi) is 6.21. The van der Waals surface area contributed by atoms with Crippen LogP contribution >= 0.6 is 0 Å². The minimum Gasteiger partial charge on any atom is -0.465 e. The summed E-state index contributed by atoms with van der Waals surface area (Å²) in [5.74, 6) is -1.94. The van der Waals surface area contributed by atoms with Crippen LogP contribution in [-0.4, -0.2) is 36.5 Å². The standard InChI is InChI=1S/C18H16N2O7/c1-11-3-8-14(9-15(11)20(24)25)19-16(21)10-27-18(23)13-6-4-12(5-7-13)17(22)26-2/h3-9H,10H2,1-2H3,(H,19,21). The molecule has 27 heavy (non-hydrogen) atoms. The van der Waals surface area contributed by atoms with Crippen LogP contribution in [0.25, 0.3) is 0 Å². The van der Waals surface area contributed by atoms with Crippen molar-refractivity contribution < 1.29 is 28.8 Å². The third kappa shape index (κ3) is 5.11. The fourth-order valence-corrected chi connectivity index (χ4v) is 2.16. The number of nitrogens with zero attached hydrogens (tertiary/aromatic N) is 1. The first-order valence-corrected chi connectivity index (χ1v) is 7.72. The molecule has 9 nitrogen and oxygen atoms in total. The van der Waals surface area contributed by atoms with Gasteiger partial charge in [-0.15, -0.1) is 0 Å². The summed E-state index contributed by atoms with van der Waals surface area (Å²) >= 11 is 0. The van der Waals surface area contributed by atoms with E-state index >= 15 is 0 Å². The number of methoxy groups -OCH3 is 1.